The molecule has 4 rings (SSSR count). The Labute approximate surface area is 184 Å². The highest BCUT2D eigenvalue weighted by Crippen LogP contribution is 2.49. The van der Waals surface area contributed by atoms with Gasteiger partial charge in [-0.25, -0.2) is 0 Å². The maximum atomic E-state index is 13.3. The van der Waals surface area contributed by atoms with E-state index in [2.05, 4.69) is 5.32 Å². The van der Waals surface area contributed by atoms with Gasteiger partial charge in [0.1, 0.15) is 12.6 Å². The monoisotopic (exact) mass is 445 g/mol. The van der Waals surface area contributed by atoms with Crippen LogP contribution in [0.2, 0.25) is 5.02 Å². The maximum absolute atomic E-state index is 13.3. The summed E-state index contributed by atoms with van der Waals surface area (Å²) < 4.78 is 6.66. The third-order valence-electron chi connectivity index (χ3n) is 6.19. The van der Waals surface area contributed by atoms with Gasteiger partial charge in [-0.2, -0.15) is 0 Å². The number of pyridine rings is 1. The van der Waals surface area contributed by atoms with Crippen molar-refractivity contribution >= 4 is 23.4 Å². The molecule has 1 fully saturated rings. The van der Waals surface area contributed by atoms with Gasteiger partial charge in [0.05, 0.1) is 6.04 Å². The number of carbonyl (C=O) groups excluding carboxylic acids is 2. The molecule has 0 spiro atoms. The van der Waals surface area contributed by atoms with Crippen LogP contribution in [0.15, 0.2) is 47.3 Å². The van der Waals surface area contributed by atoms with Crippen molar-refractivity contribution in [3.8, 4) is 0 Å². The fourth-order valence-electron chi connectivity index (χ4n) is 4.84. The molecule has 31 heavy (non-hydrogen) atoms. The molecule has 164 valence electrons. The summed E-state index contributed by atoms with van der Waals surface area (Å²) in [5, 5.41) is 13.6. The number of hydrogen-bond acceptors (Lipinski definition) is 5. The Morgan fingerprint density at radius 1 is 1.23 bits per heavy atom. The first-order valence-corrected chi connectivity index (χ1v) is 10.5. The number of aliphatic hydroxyl groups is 1. The van der Waals surface area contributed by atoms with Gasteiger partial charge in [0.2, 0.25) is 11.8 Å². The van der Waals surface area contributed by atoms with Crippen molar-refractivity contribution in [2.75, 3.05) is 20.3 Å². The number of carbonyl (C=O) groups is 2. The first-order valence-electron chi connectivity index (χ1n) is 10.1. The maximum Gasteiger partial charge on any atom is 0.250 e. The minimum atomic E-state index is -0.880. The predicted octanol–water partition coefficient (Wildman–Crippen LogP) is 0.955. The zero-order valence-corrected chi connectivity index (χ0v) is 17.8. The van der Waals surface area contributed by atoms with Gasteiger partial charge in [-0.3, -0.25) is 14.4 Å². The van der Waals surface area contributed by atoms with Crippen molar-refractivity contribution in [3.63, 3.8) is 0 Å². The van der Waals surface area contributed by atoms with E-state index in [1.54, 1.807) is 28.8 Å². The van der Waals surface area contributed by atoms with E-state index in [0.29, 0.717) is 17.3 Å². The smallest absolute Gasteiger partial charge is 0.250 e. The van der Waals surface area contributed by atoms with E-state index in [1.807, 2.05) is 12.1 Å². The number of amides is 2. The van der Waals surface area contributed by atoms with Crippen LogP contribution in [0.1, 0.15) is 17.3 Å². The van der Waals surface area contributed by atoms with Crippen LogP contribution in [0.4, 0.5) is 0 Å². The molecular formula is C22H24ClN3O5. The summed E-state index contributed by atoms with van der Waals surface area (Å²) in [6.45, 7) is 0.0539. The largest absolute Gasteiger partial charge is 0.396 e. The second-order valence-electron chi connectivity index (χ2n) is 7.84. The number of aliphatic hydroxyl groups excluding tert-OH is 1. The molecule has 0 radical (unpaired) electrons. The highest BCUT2D eigenvalue weighted by molar-refractivity contribution is 6.31. The van der Waals surface area contributed by atoms with Gasteiger partial charge in [-0.15, -0.1) is 0 Å². The van der Waals surface area contributed by atoms with Crippen LogP contribution in [0.3, 0.4) is 0 Å². The van der Waals surface area contributed by atoms with E-state index >= 15 is 0 Å². The molecule has 3 heterocycles. The summed E-state index contributed by atoms with van der Waals surface area (Å²) in [5.41, 5.74) is 1.26. The van der Waals surface area contributed by atoms with Crippen molar-refractivity contribution in [1.82, 2.24) is 14.8 Å². The molecule has 9 heteroatoms. The van der Waals surface area contributed by atoms with Gasteiger partial charge in [0.25, 0.3) is 5.56 Å². The van der Waals surface area contributed by atoms with Crippen molar-refractivity contribution in [2.24, 2.45) is 11.8 Å². The first-order chi connectivity index (χ1) is 15.0. The van der Waals surface area contributed by atoms with Gasteiger partial charge < -0.3 is 24.6 Å². The number of likely N-dealkylation sites (tertiary alicyclic amines) is 1. The summed E-state index contributed by atoms with van der Waals surface area (Å²) in [5.74, 6) is -1.51. The molecule has 2 aliphatic rings. The lowest BCUT2D eigenvalue weighted by Crippen LogP contribution is -2.51. The molecule has 2 N–H and O–H groups in total. The van der Waals surface area contributed by atoms with E-state index < -0.39 is 18.0 Å². The summed E-state index contributed by atoms with van der Waals surface area (Å²) in [6.07, 6.45) is 0. The molecule has 0 aliphatic carbocycles. The van der Waals surface area contributed by atoms with Crippen LogP contribution in [0.5, 0.6) is 0 Å². The van der Waals surface area contributed by atoms with Crippen molar-refractivity contribution in [1.29, 1.82) is 0 Å². The number of methoxy groups -OCH3 is 1. The fraction of sp³-hybridized carbons (Fsp3) is 0.409. The highest BCUT2D eigenvalue weighted by atomic mass is 35.5. The quantitative estimate of drug-likeness (QED) is 0.689. The van der Waals surface area contributed by atoms with Crippen LogP contribution in [-0.2, 0) is 27.4 Å². The molecule has 1 saturated heterocycles. The van der Waals surface area contributed by atoms with Crippen molar-refractivity contribution in [2.45, 2.75) is 25.2 Å². The van der Waals surface area contributed by atoms with E-state index in [9.17, 15) is 19.5 Å². The molecule has 4 atom stereocenters. The average molecular weight is 446 g/mol. The van der Waals surface area contributed by atoms with E-state index in [0.717, 1.165) is 5.56 Å². The van der Waals surface area contributed by atoms with Crippen LogP contribution < -0.4 is 10.9 Å². The molecule has 2 aliphatic heterocycles. The summed E-state index contributed by atoms with van der Waals surface area (Å²) in [7, 11) is 1.41. The first kappa shape index (κ1) is 21.5. The van der Waals surface area contributed by atoms with Gasteiger partial charge in [-0.05, 0) is 17.7 Å². The van der Waals surface area contributed by atoms with Gasteiger partial charge in [0.15, 0.2) is 0 Å². The standard InChI is InChI=1S/C22H24ClN3O5/c1-31-12-19(29)26-20-14(10-25-17(20)7-4-8-18(25)28)15(11-27)21(26)22(30)24-9-13-5-2-3-6-16(13)23/h2-8,14-15,20-21,27H,9-12H2,1H3,(H,24,30)/t14-,15-,20+,21-/m0/s1. The number of rotatable bonds is 6. The summed E-state index contributed by atoms with van der Waals surface area (Å²) in [6, 6.07) is 10.7. The zero-order chi connectivity index (χ0) is 22.1. The number of benzene rings is 1. The SMILES string of the molecule is COCC(=O)N1[C@H](C(=O)NCc2ccccc2Cl)[C@@H](CO)[C@@H]2Cn3c(cccc3=O)[C@@H]21. The van der Waals surface area contributed by atoms with E-state index in [1.165, 1.54) is 18.1 Å². The Kier molecular flexibility index (Phi) is 6.13. The average Bonchev–Trinajstić information content (AvgIpc) is 3.28. The lowest BCUT2D eigenvalue weighted by molar-refractivity contribution is -0.144. The second kappa shape index (κ2) is 8.82. The molecule has 0 bridgehead atoms. The molecule has 2 aromatic rings. The molecule has 1 aromatic carbocycles. The normalized spacial score (nSPS) is 24.0. The number of ether oxygens (including phenoxy) is 1. The molecule has 0 unspecified atom stereocenters. The zero-order valence-electron chi connectivity index (χ0n) is 17.0. The number of hydrogen-bond donors (Lipinski definition) is 2. The Morgan fingerprint density at radius 2 is 2.00 bits per heavy atom. The Bertz CT molecular complexity index is 1060. The van der Waals surface area contributed by atoms with E-state index in [-0.39, 0.29) is 43.1 Å². The number of fused-ring (bicyclic) bond motifs is 3. The minimum Gasteiger partial charge on any atom is -0.396 e. The topological polar surface area (TPSA) is 101 Å². The van der Waals surface area contributed by atoms with Gasteiger partial charge in [-0.1, -0.05) is 35.9 Å². The molecule has 8 nitrogen and oxygen atoms in total. The molecule has 2 amide bonds. The number of nitrogens with one attached hydrogen (secondary N) is 1. The second-order valence-corrected chi connectivity index (χ2v) is 8.25. The lowest BCUT2D eigenvalue weighted by atomic mass is 9.88. The molecule has 1 aromatic heterocycles. The number of aromatic nitrogens is 1. The van der Waals surface area contributed by atoms with Crippen molar-refractivity contribution in [3.05, 3.63) is 69.1 Å². The van der Waals surface area contributed by atoms with Crippen molar-refractivity contribution < 1.29 is 19.4 Å². The Balaban J connectivity index is 1.67. The Hall–Kier alpha value is -2.68. The van der Waals surface area contributed by atoms with Crippen LogP contribution >= 0.6 is 11.6 Å². The van der Waals surface area contributed by atoms with Crippen LogP contribution in [0.25, 0.3) is 0 Å². The highest BCUT2D eigenvalue weighted by Gasteiger charge is 2.57. The summed E-state index contributed by atoms with van der Waals surface area (Å²) >= 11 is 6.19. The Morgan fingerprint density at radius 3 is 2.71 bits per heavy atom. The van der Waals surface area contributed by atoms with Gasteiger partial charge in [0, 0.05) is 55.4 Å². The lowest BCUT2D eigenvalue weighted by Gasteiger charge is -2.30. The fourth-order valence-corrected chi connectivity index (χ4v) is 5.05. The minimum absolute atomic E-state index is 0.164. The molecule has 0 saturated carbocycles. The van der Waals surface area contributed by atoms with Crippen LogP contribution in [0, 0.1) is 11.8 Å². The van der Waals surface area contributed by atoms with Gasteiger partial charge >= 0.3 is 0 Å². The predicted molar refractivity (Wildman–Crippen MR) is 113 cm³/mol. The number of nitrogens with zero attached hydrogens (tertiary/aromatic N) is 2. The number of halogens is 1. The summed E-state index contributed by atoms with van der Waals surface area (Å²) in [4.78, 5) is 40.1. The third kappa shape index (κ3) is 3.75. The third-order valence-corrected chi connectivity index (χ3v) is 6.56. The van der Waals surface area contributed by atoms with Crippen LogP contribution in [-0.4, -0.2) is 52.8 Å². The van der Waals surface area contributed by atoms with E-state index in [4.69, 9.17) is 16.3 Å². The molecular weight excluding hydrogens is 422 g/mol.